The molecule has 0 aliphatic rings. The van der Waals surface area contributed by atoms with E-state index in [1.54, 1.807) is 7.05 Å². The highest BCUT2D eigenvalue weighted by atomic mass is 19.3. The number of amides is 1. The molecule has 6 nitrogen and oxygen atoms in total. The van der Waals surface area contributed by atoms with E-state index in [1.165, 1.54) is 54.0 Å². The minimum absolute atomic E-state index is 0.172. The van der Waals surface area contributed by atoms with E-state index in [4.69, 9.17) is 0 Å². The fourth-order valence-electron chi connectivity index (χ4n) is 2.45. The van der Waals surface area contributed by atoms with Gasteiger partial charge < -0.3 is 10.2 Å². The van der Waals surface area contributed by atoms with Crippen LogP contribution in [0.4, 0.5) is 30.2 Å². The molecule has 3 rings (SSSR count). The first-order valence-electron chi connectivity index (χ1n) is 8.20. The molecule has 0 aliphatic carbocycles. The lowest BCUT2D eigenvalue weighted by molar-refractivity contribution is 0.0126. The number of carbonyl (C=O) groups excluding carboxylic acids is 1. The Balaban J connectivity index is 1.85. The van der Waals surface area contributed by atoms with Gasteiger partial charge in [-0.15, -0.1) is 0 Å². The molecule has 9 heteroatoms. The fourth-order valence-corrected chi connectivity index (χ4v) is 2.45. The summed E-state index contributed by atoms with van der Waals surface area (Å²) in [5, 5.41) is 2.54. The Kier molecular flexibility index (Phi) is 5.25. The van der Waals surface area contributed by atoms with Crippen LogP contribution in [0, 0.1) is 5.82 Å². The monoisotopic (exact) mass is 387 g/mol. The van der Waals surface area contributed by atoms with Gasteiger partial charge in [0.05, 0.1) is 23.8 Å². The average Bonchev–Trinajstić information content (AvgIpc) is 2.69. The first-order chi connectivity index (χ1) is 13.3. The highest BCUT2D eigenvalue weighted by molar-refractivity contribution is 6.03. The Morgan fingerprint density at radius 1 is 1.14 bits per heavy atom. The Hall–Kier alpha value is -3.49. The first kappa shape index (κ1) is 19.3. The third kappa shape index (κ3) is 4.25. The molecular weight excluding hydrogens is 371 g/mol. The van der Waals surface area contributed by atoms with Crippen LogP contribution in [0.15, 0.2) is 55.1 Å². The highest BCUT2D eigenvalue weighted by Gasteiger charge is 2.27. The Morgan fingerprint density at radius 3 is 2.54 bits per heavy atom. The largest absolute Gasteiger partial charge is 0.340 e. The summed E-state index contributed by atoms with van der Waals surface area (Å²) in [5.74, 6) is -4.37. The number of nitrogens with one attached hydrogen (secondary N) is 1. The number of aromatic nitrogens is 3. The molecule has 0 saturated heterocycles. The lowest BCUT2D eigenvalue weighted by Crippen LogP contribution is -2.18. The molecule has 1 aromatic carbocycles. The molecule has 0 bridgehead atoms. The maximum absolute atomic E-state index is 14.3. The topological polar surface area (TPSA) is 71.0 Å². The number of carbonyl (C=O) groups is 1. The van der Waals surface area contributed by atoms with Gasteiger partial charge in [-0.3, -0.25) is 4.79 Å². The van der Waals surface area contributed by atoms with Gasteiger partial charge in [-0.1, -0.05) is 6.07 Å². The maximum Gasteiger partial charge on any atom is 0.287 e. The SMILES string of the molecule is CN(c1cncnc1)c1cc(NC(=O)c2cccc(C(C)(F)F)n2)ccc1F. The van der Waals surface area contributed by atoms with E-state index in [-0.39, 0.29) is 17.1 Å². The zero-order valence-corrected chi connectivity index (χ0v) is 15.0. The Labute approximate surface area is 159 Å². The van der Waals surface area contributed by atoms with Crippen LogP contribution in [0.5, 0.6) is 0 Å². The molecular formula is C19H16F3N5O. The van der Waals surface area contributed by atoms with Crippen molar-refractivity contribution in [3.05, 3.63) is 72.3 Å². The molecule has 0 saturated carbocycles. The zero-order valence-electron chi connectivity index (χ0n) is 15.0. The number of hydrogen-bond donors (Lipinski definition) is 1. The van der Waals surface area contributed by atoms with Crippen molar-refractivity contribution in [2.24, 2.45) is 0 Å². The number of halogens is 3. The van der Waals surface area contributed by atoms with Crippen LogP contribution in [0.25, 0.3) is 0 Å². The van der Waals surface area contributed by atoms with E-state index in [0.717, 1.165) is 6.07 Å². The molecule has 2 aromatic heterocycles. The Morgan fingerprint density at radius 2 is 1.86 bits per heavy atom. The third-order valence-corrected chi connectivity index (χ3v) is 3.93. The van der Waals surface area contributed by atoms with Crippen LogP contribution in [0.1, 0.15) is 23.1 Å². The van der Waals surface area contributed by atoms with Gasteiger partial charge in [-0.2, -0.15) is 8.78 Å². The van der Waals surface area contributed by atoms with Gasteiger partial charge in [0.2, 0.25) is 0 Å². The van der Waals surface area contributed by atoms with Crippen LogP contribution >= 0.6 is 0 Å². The summed E-state index contributed by atoms with van der Waals surface area (Å²) in [6.45, 7) is 0.701. The van der Waals surface area contributed by atoms with Crippen molar-refractivity contribution in [3.63, 3.8) is 0 Å². The molecule has 28 heavy (non-hydrogen) atoms. The Bertz CT molecular complexity index is 992. The van der Waals surface area contributed by atoms with Crippen molar-refractivity contribution in [2.75, 3.05) is 17.3 Å². The fraction of sp³-hybridized carbons (Fsp3) is 0.158. The van der Waals surface area contributed by atoms with Gasteiger partial charge in [-0.25, -0.2) is 19.3 Å². The second-order valence-electron chi connectivity index (χ2n) is 6.07. The van der Waals surface area contributed by atoms with E-state index < -0.39 is 23.3 Å². The summed E-state index contributed by atoms with van der Waals surface area (Å²) in [4.78, 5) is 25.4. The van der Waals surface area contributed by atoms with E-state index in [1.807, 2.05) is 0 Å². The summed E-state index contributed by atoms with van der Waals surface area (Å²) in [7, 11) is 1.62. The summed E-state index contributed by atoms with van der Waals surface area (Å²) in [6, 6.07) is 7.76. The second kappa shape index (κ2) is 7.63. The van der Waals surface area contributed by atoms with Gasteiger partial charge in [-0.05, 0) is 30.3 Å². The highest BCUT2D eigenvalue weighted by Crippen LogP contribution is 2.28. The first-order valence-corrected chi connectivity index (χ1v) is 8.20. The molecule has 2 heterocycles. The van der Waals surface area contributed by atoms with E-state index in [2.05, 4.69) is 20.3 Å². The molecule has 144 valence electrons. The molecule has 0 aliphatic heterocycles. The lowest BCUT2D eigenvalue weighted by atomic mass is 10.2. The number of hydrogen-bond acceptors (Lipinski definition) is 5. The van der Waals surface area contributed by atoms with Crippen molar-refractivity contribution in [2.45, 2.75) is 12.8 Å². The van der Waals surface area contributed by atoms with Gasteiger partial charge in [0, 0.05) is 19.7 Å². The third-order valence-electron chi connectivity index (χ3n) is 3.93. The zero-order chi connectivity index (χ0) is 20.3. The number of benzene rings is 1. The molecule has 0 atom stereocenters. The van der Waals surface area contributed by atoms with Crippen molar-refractivity contribution in [1.82, 2.24) is 15.0 Å². The number of rotatable bonds is 5. The standard InChI is InChI=1S/C19H16F3N5O/c1-19(21,22)17-5-3-4-15(26-17)18(28)25-12-6-7-14(20)16(8-12)27(2)13-9-23-11-24-10-13/h3-11H,1-2H3,(H,25,28). The van der Waals surface area contributed by atoms with E-state index in [9.17, 15) is 18.0 Å². The molecule has 0 spiro atoms. The van der Waals surface area contributed by atoms with Crippen LogP contribution in [-0.4, -0.2) is 27.9 Å². The molecule has 1 amide bonds. The maximum atomic E-state index is 14.3. The molecule has 0 fully saturated rings. The molecule has 0 radical (unpaired) electrons. The average molecular weight is 387 g/mol. The second-order valence-corrected chi connectivity index (χ2v) is 6.07. The van der Waals surface area contributed by atoms with Crippen LogP contribution in [-0.2, 0) is 5.92 Å². The summed E-state index contributed by atoms with van der Waals surface area (Å²) >= 11 is 0. The van der Waals surface area contributed by atoms with Gasteiger partial charge in [0.1, 0.15) is 23.5 Å². The van der Waals surface area contributed by atoms with Crippen molar-refractivity contribution in [3.8, 4) is 0 Å². The minimum atomic E-state index is -3.17. The normalized spacial score (nSPS) is 11.2. The summed E-state index contributed by atoms with van der Waals surface area (Å²) in [6.07, 6.45) is 4.38. The predicted octanol–water partition coefficient (Wildman–Crippen LogP) is 4.14. The summed E-state index contributed by atoms with van der Waals surface area (Å²) in [5.41, 5.74) is 0.317. The van der Waals surface area contributed by atoms with Crippen molar-refractivity contribution < 1.29 is 18.0 Å². The van der Waals surface area contributed by atoms with Crippen LogP contribution < -0.4 is 10.2 Å². The quantitative estimate of drug-likeness (QED) is 0.712. The summed E-state index contributed by atoms with van der Waals surface area (Å²) < 4.78 is 41.1. The number of nitrogens with zero attached hydrogens (tertiary/aromatic N) is 4. The van der Waals surface area contributed by atoms with E-state index >= 15 is 0 Å². The van der Waals surface area contributed by atoms with Crippen LogP contribution in [0.3, 0.4) is 0 Å². The molecule has 3 aromatic rings. The molecule has 0 unspecified atom stereocenters. The van der Waals surface area contributed by atoms with Gasteiger partial charge >= 0.3 is 0 Å². The van der Waals surface area contributed by atoms with Gasteiger partial charge in [0.25, 0.3) is 11.8 Å². The number of anilines is 3. The van der Waals surface area contributed by atoms with Gasteiger partial charge in [0.15, 0.2) is 0 Å². The minimum Gasteiger partial charge on any atom is -0.340 e. The number of alkyl halides is 2. The van der Waals surface area contributed by atoms with Crippen LogP contribution in [0.2, 0.25) is 0 Å². The van der Waals surface area contributed by atoms with Crippen molar-refractivity contribution >= 4 is 23.0 Å². The van der Waals surface area contributed by atoms with Crippen molar-refractivity contribution in [1.29, 1.82) is 0 Å². The number of pyridine rings is 1. The lowest BCUT2D eigenvalue weighted by Gasteiger charge is -2.20. The smallest absolute Gasteiger partial charge is 0.287 e. The van der Waals surface area contributed by atoms with E-state index in [0.29, 0.717) is 12.6 Å². The predicted molar refractivity (Wildman–Crippen MR) is 98.3 cm³/mol. The molecule has 1 N–H and O–H groups in total.